The van der Waals surface area contributed by atoms with Gasteiger partial charge in [-0.15, -0.1) is 22.0 Å². The maximum absolute atomic E-state index is 12.0. The molecule has 24 heavy (non-hydrogen) atoms. The van der Waals surface area contributed by atoms with Crippen molar-refractivity contribution in [1.29, 1.82) is 0 Å². The Morgan fingerprint density at radius 3 is 2.71 bits per heavy atom. The molecule has 2 aliphatic heterocycles. The van der Waals surface area contributed by atoms with E-state index in [-0.39, 0.29) is 68.4 Å². The van der Waals surface area contributed by atoms with Crippen molar-refractivity contribution in [2.75, 3.05) is 5.08 Å². The number of rotatable bonds is 6. The monoisotopic (exact) mass is 429 g/mol. The SMILES string of the molecule is Cc1nnc(SCSC2=C(C(=O)[O-])N3C(=O)[C@H]([C@@H](C)O)[C@H]3S2)s1.[K+]. The second kappa shape index (κ2) is 8.72. The molecule has 3 heterocycles. The van der Waals surface area contributed by atoms with Gasteiger partial charge in [-0.05, 0) is 13.8 Å². The number of hydrogen-bond acceptors (Lipinski definition) is 10. The number of carboxylic acid groups (broad SMARTS) is 1. The number of aromatic nitrogens is 2. The number of aliphatic carboxylic acids is 1. The Hall–Kier alpha value is 0.886. The molecular formula is C12H12KN3O4S4. The Bertz CT molecular complexity index is 696. The summed E-state index contributed by atoms with van der Waals surface area (Å²) in [6.07, 6.45) is -0.803. The Kier molecular flexibility index (Phi) is 7.70. The molecule has 0 unspecified atom stereocenters. The van der Waals surface area contributed by atoms with E-state index in [1.54, 1.807) is 0 Å². The molecule has 0 radical (unpaired) electrons. The Balaban J connectivity index is 0.00000208. The second-order valence-electron chi connectivity index (χ2n) is 4.90. The predicted octanol–water partition coefficient (Wildman–Crippen LogP) is -2.54. The summed E-state index contributed by atoms with van der Waals surface area (Å²) in [6.45, 7) is 3.41. The van der Waals surface area contributed by atoms with Crippen LogP contribution in [0.25, 0.3) is 0 Å². The molecule has 0 saturated carbocycles. The number of amides is 1. The van der Waals surface area contributed by atoms with Crippen molar-refractivity contribution in [3.8, 4) is 0 Å². The minimum atomic E-state index is -1.36. The van der Waals surface area contributed by atoms with Crippen LogP contribution in [0.3, 0.4) is 0 Å². The number of thioether (sulfide) groups is 3. The fourth-order valence-corrected chi connectivity index (χ4v) is 7.56. The van der Waals surface area contributed by atoms with Gasteiger partial charge >= 0.3 is 51.4 Å². The van der Waals surface area contributed by atoms with Crippen molar-refractivity contribution in [1.82, 2.24) is 15.1 Å². The molecule has 0 bridgehead atoms. The number of carbonyl (C=O) groups excluding carboxylic acids is 2. The minimum absolute atomic E-state index is 0. The van der Waals surface area contributed by atoms with E-state index in [1.165, 1.54) is 58.4 Å². The van der Waals surface area contributed by atoms with E-state index in [9.17, 15) is 19.8 Å². The third-order valence-electron chi connectivity index (χ3n) is 3.34. The fraction of sp³-hybridized carbons (Fsp3) is 0.500. The first-order chi connectivity index (χ1) is 10.9. The average Bonchev–Trinajstić information content (AvgIpc) is 3.00. The van der Waals surface area contributed by atoms with Gasteiger partial charge < -0.3 is 15.0 Å². The first kappa shape index (κ1) is 21.2. The van der Waals surface area contributed by atoms with Gasteiger partial charge in [0.25, 0.3) is 0 Å². The summed E-state index contributed by atoms with van der Waals surface area (Å²) in [6, 6.07) is 0. The zero-order chi connectivity index (χ0) is 16.7. The number of carboxylic acids is 1. The topological polar surface area (TPSA) is 106 Å². The number of aryl methyl sites for hydroxylation is 1. The van der Waals surface area contributed by atoms with Gasteiger partial charge in [-0.1, -0.05) is 34.9 Å². The number of β-lactam (4-membered cyclic amide) rings is 1. The molecular weight excluding hydrogens is 418 g/mol. The number of aliphatic hydroxyl groups is 1. The van der Waals surface area contributed by atoms with Crippen molar-refractivity contribution in [2.45, 2.75) is 29.7 Å². The summed E-state index contributed by atoms with van der Waals surface area (Å²) < 4.78 is 1.36. The van der Waals surface area contributed by atoms with Gasteiger partial charge in [0, 0.05) is 0 Å². The largest absolute Gasteiger partial charge is 1.00 e. The van der Waals surface area contributed by atoms with Crippen molar-refractivity contribution < 1.29 is 71.2 Å². The molecule has 7 nitrogen and oxygen atoms in total. The molecule has 1 aromatic heterocycles. The second-order valence-corrected chi connectivity index (χ2v) is 10.0. The van der Waals surface area contributed by atoms with Crippen LogP contribution < -0.4 is 56.5 Å². The first-order valence-electron chi connectivity index (χ1n) is 6.59. The number of hydrogen-bond donors (Lipinski definition) is 1. The normalized spacial score (nSPS) is 23.6. The van der Waals surface area contributed by atoms with Crippen LogP contribution in [0.2, 0.25) is 0 Å². The van der Waals surface area contributed by atoms with Crippen molar-refractivity contribution in [3.05, 3.63) is 14.9 Å². The minimum Gasteiger partial charge on any atom is -0.543 e. The third kappa shape index (κ3) is 4.07. The Morgan fingerprint density at radius 1 is 1.46 bits per heavy atom. The zero-order valence-electron chi connectivity index (χ0n) is 13.1. The van der Waals surface area contributed by atoms with Gasteiger partial charge in [-0.2, -0.15) is 0 Å². The van der Waals surface area contributed by atoms with Crippen molar-refractivity contribution in [3.63, 3.8) is 0 Å². The summed E-state index contributed by atoms with van der Waals surface area (Å²) in [5, 5.41) is 30.0. The molecule has 1 saturated heterocycles. The average molecular weight is 430 g/mol. The van der Waals surface area contributed by atoms with E-state index in [0.717, 1.165) is 9.35 Å². The van der Waals surface area contributed by atoms with Crippen LogP contribution in [0.5, 0.6) is 0 Å². The van der Waals surface area contributed by atoms with Gasteiger partial charge in [0.2, 0.25) is 5.91 Å². The first-order valence-corrected chi connectivity index (χ1v) is 10.3. The third-order valence-corrected chi connectivity index (χ3v) is 8.10. The van der Waals surface area contributed by atoms with Crippen LogP contribution in [0, 0.1) is 12.8 Å². The number of fused-ring (bicyclic) bond motifs is 1. The number of aliphatic hydroxyl groups excluding tert-OH is 1. The number of nitrogens with zero attached hydrogens (tertiary/aromatic N) is 3. The molecule has 1 aromatic rings. The summed E-state index contributed by atoms with van der Waals surface area (Å²) in [5.74, 6) is -2.29. The summed E-state index contributed by atoms with van der Waals surface area (Å²) >= 11 is 5.57. The summed E-state index contributed by atoms with van der Waals surface area (Å²) in [4.78, 5) is 24.6. The zero-order valence-corrected chi connectivity index (χ0v) is 19.5. The maximum atomic E-state index is 12.0. The van der Waals surface area contributed by atoms with Crippen LogP contribution in [-0.2, 0) is 9.59 Å². The van der Waals surface area contributed by atoms with Crippen molar-refractivity contribution in [2.24, 2.45) is 5.92 Å². The van der Waals surface area contributed by atoms with Crippen LogP contribution in [-0.4, -0.2) is 48.6 Å². The fourth-order valence-electron chi connectivity index (χ4n) is 2.31. The van der Waals surface area contributed by atoms with Crippen LogP contribution in [0.1, 0.15) is 11.9 Å². The summed E-state index contributed by atoms with van der Waals surface area (Å²) in [7, 11) is 0. The van der Waals surface area contributed by atoms with Gasteiger partial charge in [0.1, 0.15) is 10.4 Å². The van der Waals surface area contributed by atoms with E-state index < -0.39 is 18.0 Å². The molecule has 124 valence electrons. The quantitative estimate of drug-likeness (QED) is 0.227. The molecule has 1 amide bonds. The molecule has 12 heteroatoms. The maximum Gasteiger partial charge on any atom is 1.00 e. The standard InChI is InChI=1S/C12H13N3O4S4.K/c1-4(16)6-8(17)15-7(10(18)19)11(23-9(6)15)20-3-21-12-14-13-5(2)22-12;/h4,6,9,16H,3H2,1-2H3,(H,18,19);/q;+1/p-1/t4-,6+,9-;/m1./s1. The van der Waals surface area contributed by atoms with E-state index >= 15 is 0 Å². The molecule has 2 aliphatic rings. The van der Waals surface area contributed by atoms with Gasteiger partial charge in [0.05, 0.1) is 33.0 Å². The molecule has 3 rings (SSSR count). The Labute approximate surface area is 197 Å². The van der Waals surface area contributed by atoms with Gasteiger partial charge in [-0.3, -0.25) is 9.69 Å². The molecule has 0 aromatic carbocycles. The van der Waals surface area contributed by atoms with E-state index in [1.807, 2.05) is 6.92 Å². The molecule has 1 N–H and O–H groups in total. The molecule has 0 aliphatic carbocycles. The van der Waals surface area contributed by atoms with Gasteiger partial charge in [0.15, 0.2) is 4.34 Å². The Morgan fingerprint density at radius 2 is 2.17 bits per heavy atom. The van der Waals surface area contributed by atoms with E-state index in [4.69, 9.17) is 0 Å². The van der Waals surface area contributed by atoms with Crippen LogP contribution >= 0.6 is 46.6 Å². The van der Waals surface area contributed by atoms with Gasteiger partial charge in [-0.25, -0.2) is 0 Å². The van der Waals surface area contributed by atoms with E-state index in [2.05, 4.69) is 10.2 Å². The molecule has 1 fully saturated rings. The van der Waals surface area contributed by atoms with E-state index in [0.29, 0.717) is 9.32 Å². The predicted molar refractivity (Wildman–Crippen MR) is 88.4 cm³/mol. The molecule has 3 atom stereocenters. The van der Waals surface area contributed by atoms with Crippen LogP contribution in [0.15, 0.2) is 14.3 Å². The smallest absolute Gasteiger partial charge is 0.543 e. The summed E-state index contributed by atoms with van der Waals surface area (Å²) in [5.41, 5.74) is -0.0825. The molecule has 0 spiro atoms. The van der Waals surface area contributed by atoms with Crippen molar-refractivity contribution >= 4 is 58.5 Å². The number of carbonyl (C=O) groups is 2. The van der Waals surface area contributed by atoms with Crippen LogP contribution in [0.4, 0.5) is 0 Å².